The highest BCUT2D eigenvalue weighted by Crippen LogP contribution is 2.24. The number of carboxylic acid groups (broad SMARTS) is 1. The Morgan fingerprint density at radius 2 is 1.85 bits per heavy atom. The lowest BCUT2D eigenvalue weighted by atomic mass is 10.0. The Bertz CT molecular complexity index is 734. The molecule has 2 N–H and O–H groups in total. The third-order valence-electron chi connectivity index (χ3n) is 2.96. The Morgan fingerprint density at radius 3 is 2.55 bits per heavy atom. The normalized spacial score (nSPS) is 13.2. The number of carbonyl (C=O) groups is 1. The first-order valence-electron chi connectivity index (χ1n) is 6.08. The number of aliphatic carboxylic acids is 1. The first kappa shape index (κ1) is 14.5. The average molecular weight is 293 g/mol. The van der Waals surface area contributed by atoms with E-state index in [-0.39, 0.29) is 0 Å². The van der Waals surface area contributed by atoms with Gasteiger partial charge in [-0.3, -0.25) is 4.79 Å². The second-order valence-electron chi connectivity index (χ2n) is 4.56. The quantitative estimate of drug-likeness (QED) is 0.882. The van der Waals surface area contributed by atoms with Gasteiger partial charge in [0.15, 0.2) is 5.75 Å². The zero-order chi connectivity index (χ0) is 14.8. The van der Waals surface area contributed by atoms with E-state index < -0.39 is 27.8 Å². The molecule has 0 saturated carbocycles. The minimum atomic E-state index is -3.85. The Morgan fingerprint density at radius 1 is 1.20 bits per heavy atom. The number of hydrogen-bond donors (Lipinski definition) is 2. The number of benzene rings is 2. The molecule has 0 fully saturated rings. The van der Waals surface area contributed by atoms with E-state index in [0.717, 1.165) is 16.3 Å². The van der Waals surface area contributed by atoms with Crippen LogP contribution >= 0.6 is 0 Å². The Balaban J connectivity index is 2.33. The highest BCUT2D eigenvalue weighted by molar-refractivity contribution is 7.90. The van der Waals surface area contributed by atoms with Gasteiger partial charge in [-0.05, 0) is 23.3 Å². The van der Waals surface area contributed by atoms with Gasteiger partial charge in [-0.1, -0.05) is 42.5 Å². The number of fused-ring (bicyclic) bond motifs is 1. The molecule has 0 heterocycles. The van der Waals surface area contributed by atoms with E-state index in [1.165, 1.54) is 0 Å². The predicted molar refractivity (Wildman–Crippen MR) is 76.9 cm³/mol. The maximum atomic E-state index is 11.7. The molecular weight excluding hydrogens is 278 g/mol. The summed E-state index contributed by atoms with van der Waals surface area (Å²) in [5.41, 5.74) is 0.817. The van der Waals surface area contributed by atoms with Gasteiger partial charge in [0.2, 0.25) is 10.0 Å². The average Bonchev–Trinajstić information content (AvgIpc) is 2.35. The van der Waals surface area contributed by atoms with E-state index in [9.17, 15) is 13.2 Å². The molecule has 0 aliphatic heterocycles. The van der Waals surface area contributed by atoms with Crippen molar-refractivity contribution in [3.63, 3.8) is 0 Å². The third-order valence-corrected chi connectivity index (χ3v) is 4.30. The van der Waals surface area contributed by atoms with Crippen molar-refractivity contribution < 1.29 is 18.3 Å². The summed E-state index contributed by atoms with van der Waals surface area (Å²) in [6, 6.07) is 12.8. The molecule has 5 nitrogen and oxygen atoms in total. The summed E-state index contributed by atoms with van der Waals surface area (Å²) in [6.07, 6.45) is 0. The summed E-state index contributed by atoms with van der Waals surface area (Å²) >= 11 is 0. The van der Waals surface area contributed by atoms with Gasteiger partial charge in [0.25, 0.3) is 0 Å². The lowest BCUT2D eigenvalue weighted by molar-refractivity contribution is -0.134. The number of rotatable bonds is 5. The molecule has 106 valence electrons. The number of carboxylic acids is 1. The highest BCUT2D eigenvalue weighted by Gasteiger charge is 2.20. The smallest absolute Gasteiger partial charge is 0.320 e. The lowest BCUT2D eigenvalue weighted by Crippen LogP contribution is -2.32. The third kappa shape index (κ3) is 3.34. The van der Waals surface area contributed by atoms with E-state index in [0.29, 0.717) is 0 Å². The van der Waals surface area contributed by atoms with E-state index in [1.807, 2.05) is 42.5 Å². The number of hydrogen-bond acceptors (Lipinski definition) is 3. The van der Waals surface area contributed by atoms with Crippen molar-refractivity contribution in [1.82, 2.24) is 4.72 Å². The van der Waals surface area contributed by atoms with Gasteiger partial charge in [0.05, 0.1) is 0 Å². The van der Waals surface area contributed by atoms with Crippen molar-refractivity contribution in [2.45, 2.75) is 13.0 Å². The SMILES string of the molecule is CC(NS(=O)(=O)CC(=O)O)c1cccc2ccccc12. The highest BCUT2D eigenvalue weighted by atomic mass is 32.2. The fourth-order valence-electron chi connectivity index (χ4n) is 2.17. The first-order chi connectivity index (χ1) is 9.39. The minimum absolute atomic E-state index is 0.495. The molecule has 0 radical (unpaired) electrons. The maximum absolute atomic E-state index is 11.7. The second-order valence-corrected chi connectivity index (χ2v) is 6.31. The molecule has 0 aliphatic rings. The van der Waals surface area contributed by atoms with Crippen molar-refractivity contribution in [2.75, 3.05) is 5.75 Å². The van der Waals surface area contributed by atoms with E-state index in [2.05, 4.69) is 4.72 Å². The monoisotopic (exact) mass is 293 g/mol. The topological polar surface area (TPSA) is 83.5 Å². The van der Waals surface area contributed by atoms with Crippen molar-refractivity contribution in [3.8, 4) is 0 Å². The summed E-state index contributed by atoms with van der Waals surface area (Å²) in [7, 11) is -3.85. The van der Waals surface area contributed by atoms with Crippen LogP contribution in [0.25, 0.3) is 10.8 Å². The van der Waals surface area contributed by atoms with Gasteiger partial charge < -0.3 is 5.11 Å². The second kappa shape index (κ2) is 5.60. The Hall–Kier alpha value is -1.92. The van der Waals surface area contributed by atoms with Crippen LogP contribution in [-0.4, -0.2) is 25.2 Å². The lowest BCUT2D eigenvalue weighted by Gasteiger charge is -2.16. The summed E-state index contributed by atoms with van der Waals surface area (Å²) in [5, 5.41) is 10.5. The molecule has 2 aromatic carbocycles. The van der Waals surface area contributed by atoms with Gasteiger partial charge in [-0.15, -0.1) is 0 Å². The van der Waals surface area contributed by atoms with E-state index in [4.69, 9.17) is 5.11 Å². The van der Waals surface area contributed by atoms with Gasteiger partial charge in [-0.25, -0.2) is 13.1 Å². The van der Waals surface area contributed by atoms with E-state index >= 15 is 0 Å². The van der Waals surface area contributed by atoms with Gasteiger partial charge in [0.1, 0.15) is 0 Å². The van der Waals surface area contributed by atoms with Crippen LogP contribution in [0.3, 0.4) is 0 Å². The van der Waals surface area contributed by atoms with Gasteiger partial charge in [-0.2, -0.15) is 0 Å². The van der Waals surface area contributed by atoms with Crippen LogP contribution < -0.4 is 4.72 Å². The predicted octanol–water partition coefficient (Wildman–Crippen LogP) is 1.90. The molecule has 20 heavy (non-hydrogen) atoms. The Labute approximate surface area is 117 Å². The standard InChI is InChI=1S/C14H15NO4S/c1-10(15-20(18,19)9-14(16)17)12-8-4-6-11-5-2-3-7-13(11)12/h2-8,10,15H,9H2,1H3,(H,16,17). The molecule has 0 bridgehead atoms. The molecule has 0 saturated heterocycles. The van der Waals surface area contributed by atoms with Crippen LogP contribution in [0.4, 0.5) is 0 Å². The number of sulfonamides is 1. The molecule has 2 aromatic rings. The fraction of sp³-hybridized carbons (Fsp3) is 0.214. The molecule has 1 unspecified atom stereocenters. The van der Waals surface area contributed by atoms with Crippen LogP contribution in [0.2, 0.25) is 0 Å². The molecule has 0 aromatic heterocycles. The maximum Gasteiger partial charge on any atom is 0.320 e. The van der Waals surface area contributed by atoms with Crippen molar-refractivity contribution in [3.05, 3.63) is 48.0 Å². The first-order valence-corrected chi connectivity index (χ1v) is 7.74. The molecular formula is C14H15NO4S. The van der Waals surface area contributed by atoms with Gasteiger partial charge in [0, 0.05) is 6.04 Å². The summed E-state index contributed by atoms with van der Waals surface area (Å²) in [6.45, 7) is 1.70. The van der Waals surface area contributed by atoms with E-state index in [1.54, 1.807) is 6.92 Å². The van der Waals surface area contributed by atoms with Crippen LogP contribution in [0.5, 0.6) is 0 Å². The van der Waals surface area contributed by atoms with Crippen LogP contribution in [0.1, 0.15) is 18.5 Å². The van der Waals surface area contributed by atoms with Crippen molar-refractivity contribution >= 4 is 26.8 Å². The minimum Gasteiger partial charge on any atom is -0.480 e. The molecule has 6 heteroatoms. The zero-order valence-electron chi connectivity index (χ0n) is 10.9. The van der Waals surface area contributed by atoms with Crippen LogP contribution in [0.15, 0.2) is 42.5 Å². The van der Waals surface area contributed by atoms with Crippen LogP contribution in [0, 0.1) is 0 Å². The summed E-state index contributed by atoms with van der Waals surface area (Å²) < 4.78 is 25.7. The summed E-state index contributed by atoms with van der Waals surface area (Å²) in [5.74, 6) is -2.30. The Kier molecular flexibility index (Phi) is 4.06. The molecule has 0 aliphatic carbocycles. The zero-order valence-corrected chi connectivity index (χ0v) is 11.7. The van der Waals surface area contributed by atoms with Gasteiger partial charge >= 0.3 is 5.97 Å². The molecule has 0 spiro atoms. The fourth-order valence-corrected chi connectivity index (χ4v) is 3.24. The van der Waals surface area contributed by atoms with Crippen LogP contribution in [-0.2, 0) is 14.8 Å². The number of nitrogens with one attached hydrogen (secondary N) is 1. The summed E-state index contributed by atoms with van der Waals surface area (Å²) in [4.78, 5) is 10.5. The van der Waals surface area contributed by atoms with Crippen molar-refractivity contribution in [2.24, 2.45) is 0 Å². The van der Waals surface area contributed by atoms with Crippen molar-refractivity contribution in [1.29, 1.82) is 0 Å². The molecule has 1 atom stereocenters. The largest absolute Gasteiger partial charge is 0.480 e. The molecule has 2 rings (SSSR count). The molecule has 0 amide bonds.